The molecular weight excluding hydrogens is 614 g/mol. The number of aliphatic hydroxyl groups is 1. The van der Waals surface area contributed by atoms with Crippen LogP contribution in [-0.4, -0.2) is 65.4 Å². The summed E-state index contributed by atoms with van der Waals surface area (Å²) < 4.78 is 47.6. The fraction of sp³-hybridized carbons (Fsp3) is 0.526. The summed E-state index contributed by atoms with van der Waals surface area (Å²) in [6.45, 7) is 14.6. The number of ether oxygens (including phenoxy) is 8. The van der Waals surface area contributed by atoms with Gasteiger partial charge < -0.3 is 48.3 Å². The highest BCUT2D eigenvalue weighted by atomic mass is 16.7. The van der Waals surface area contributed by atoms with Gasteiger partial charge in [0.05, 0.1) is 26.4 Å². The average Bonchev–Trinajstić information content (AvgIpc) is 3.06. The fourth-order valence-corrected chi connectivity index (χ4v) is 5.84. The van der Waals surface area contributed by atoms with Crippen molar-refractivity contribution in [1.82, 2.24) is 0 Å². The van der Waals surface area contributed by atoms with E-state index in [9.17, 15) is 5.11 Å². The molecule has 2 heterocycles. The monoisotopic (exact) mass is 665 g/mol. The van der Waals surface area contributed by atoms with Gasteiger partial charge in [-0.05, 0) is 55.8 Å². The van der Waals surface area contributed by atoms with Crippen LogP contribution in [0.5, 0.6) is 11.5 Å². The lowest BCUT2D eigenvalue weighted by Crippen LogP contribution is -2.35. The molecule has 5 rings (SSSR count). The van der Waals surface area contributed by atoms with Gasteiger partial charge in [-0.2, -0.15) is 0 Å². The Morgan fingerprint density at radius 1 is 0.729 bits per heavy atom. The number of hydrogen-bond donors (Lipinski definition) is 2. The maximum atomic E-state index is 13.5. The molecule has 0 atom stereocenters. The molecule has 0 unspecified atom stereocenters. The largest absolute Gasteiger partial charge is 0.467 e. The highest BCUT2D eigenvalue weighted by Gasteiger charge is 2.42. The Labute approximate surface area is 284 Å². The van der Waals surface area contributed by atoms with Gasteiger partial charge in [0.1, 0.15) is 17.1 Å². The van der Waals surface area contributed by atoms with Gasteiger partial charge in [0.2, 0.25) is 0 Å². The van der Waals surface area contributed by atoms with Crippen LogP contribution in [0.3, 0.4) is 0 Å². The fourth-order valence-electron chi connectivity index (χ4n) is 5.84. The van der Waals surface area contributed by atoms with Crippen LogP contribution in [0.4, 0.5) is 5.69 Å². The maximum absolute atomic E-state index is 13.5. The summed E-state index contributed by atoms with van der Waals surface area (Å²) in [5, 5.41) is 17.0. The van der Waals surface area contributed by atoms with E-state index in [-0.39, 0.29) is 30.5 Å². The smallest absolute Gasteiger partial charge is 0.188 e. The Balaban J connectivity index is 1.74. The van der Waals surface area contributed by atoms with Gasteiger partial charge in [0, 0.05) is 59.0 Å². The van der Waals surface area contributed by atoms with E-state index in [0.717, 1.165) is 16.8 Å². The standard InChI is InChI=1S/C38H51NO9/c1-25(2)39-29-11-9-10-28(18-29)38(40,30-16-26(12-14-32(30)47-23-41-7)34-43-19-36(3,4)20-44-34)31-17-27(13-15-33(31)48-24-42-8)35-45-21-37(5,6)22-46-35/h9-18,25,34-35,39-40H,19-24H2,1-8H3. The molecule has 10 nitrogen and oxygen atoms in total. The van der Waals surface area contributed by atoms with Gasteiger partial charge in [-0.3, -0.25) is 0 Å². The maximum Gasteiger partial charge on any atom is 0.188 e. The SMILES string of the molecule is COCOc1ccc(C2OCC(C)(C)CO2)cc1C(O)(c1cccc(NC(C)C)c1)c1cc(C2OCC(C)(C)CO2)ccc1OCOC. The van der Waals surface area contributed by atoms with E-state index in [1.54, 1.807) is 14.2 Å². The summed E-state index contributed by atoms with van der Waals surface area (Å²) >= 11 is 0. The third-order valence-corrected chi connectivity index (χ3v) is 8.23. The summed E-state index contributed by atoms with van der Waals surface area (Å²) in [4.78, 5) is 0. The van der Waals surface area contributed by atoms with Gasteiger partial charge in [0.25, 0.3) is 0 Å². The molecule has 0 aromatic heterocycles. The van der Waals surface area contributed by atoms with Crippen LogP contribution in [0, 0.1) is 10.8 Å². The average molecular weight is 666 g/mol. The van der Waals surface area contributed by atoms with E-state index in [1.807, 2.05) is 60.7 Å². The van der Waals surface area contributed by atoms with Gasteiger partial charge in [0.15, 0.2) is 26.2 Å². The second-order valence-electron chi connectivity index (χ2n) is 14.4. The molecular formula is C38H51NO9. The minimum atomic E-state index is -1.84. The molecule has 0 bridgehead atoms. The van der Waals surface area contributed by atoms with E-state index < -0.39 is 18.2 Å². The normalized spacial score (nSPS) is 18.5. The van der Waals surface area contributed by atoms with Crippen molar-refractivity contribution >= 4 is 5.69 Å². The van der Waals surface area contributed by atoms with Crippen molar-refractivity contribution in [2.24, 2.45) is 10.8 Å². The van der Waals surface area contributed by atoms with Gasteiger partial charge in [-0.1, -0.05) is 52.0 Å². The van der Waals surface area contributed by atoms with Crippen LogP contribution in [0.15, 0.2) is 60.7 Å². The van der Waals surface area contributed by atoms with Crippen molar-refractivity contribution in [2.45, 2.75) is 65.8 Å². The Morgan fingerprint density at radius 3 is 1.60 bits per heavy atom. The zero-order valence-corrected chi connectivity index (χ0v) is 29.5. The van der Waals surface area contributed by atoms with Gasteiger partial charge in [-0.15, -0.1) is 0 Å². The van der Waals surface area contributed by atoms with Crippen LogP contribution in [0.2, 0.25) is 0 Å². The zero-order valence-electron chi connectivity index (χ0n) is 29.5. The Hall–Kier alpha value is -3.22. The lowest BCUT2D eigenvalue weighted by Gasteiger charge is -2.37. The number of nitrogens with one attached hydrogen (secondary N) is 1. The van der Waals surface area contributed by atoms with Crippen LogP contribution in [0.25, 0.3) is 0 Å². The second kappa shape index (κ2) is 15.1. The molecule has 2 aliphatic heterocycles. The molecule has 3 aromatic carbocycles. The molecule has 0 spiro atoms. The van der Waals surface area contributed by atoms with Crippen LogP contribution < -0.4 is 14.8 Å². The number of rotatable bonds is 13. The van der Waals surface area contributed by atoms with E-state index in [1.165, 1.54) is 0 Å². The molecule has 10 heteroatoms. The van der Waals surface area contributed by atoms with E-state index in [2.05, 4.69) is 46.9 Å². The first-order valence-electron chi connectivity index (χ1n) is 16.4. The second-order valence-corrected chi connectivity index (χ2v) is 14.4. The van der Waals surface area contributed by atoms with Gasteiger partial charge in [-0.25, -0.2) is 0 Å². The first-order valence-corrected chi connectivity index (χ1v) is 16.4. The van der Waals surface area contributed by atoms with Crippen molar-refractivity contribution in [2.75, 3.05) is 59.5 Å². The number of methoxy groups -OCH3 is 2. The van der Waals surface area contributed by atoms with E-state index in [4.69, 9.17) is 37.9 Å². The van der Waals surface area contributed by atoms with E-state index >= 15 is 0 Å². The predicted molar refractivity (Wildman–Crippen MR) is 182 cm³/mol. The Bertz CT molecular complexity index is 1420. The molecule has 48 heavy (non-hydrogen) atoms. The molecule has 2 N–H and O–H groups in total. The van der Waals surface area contributed by atoms with Crippen molar-refractivity contribution in [3.8, 4) is 11.5 Å². The molecule has 262 valence electrons. The molecule has 2 fully saturated rings. The predicted octanol–water partition coefficient (Wildman–Crippen LogP) is 6.90. The molecule has 0 radical (unpaired) electrons. The molecule has 0 amide bonds. The third kappa shape index (κ3) is 8.31. The summed E-state index contributed by atoms with van der Waals surface area (Å²) in [5.74, 6) is 0.827. The van der Waals surface area contributed by atoms with Crippen molar-refractivity contribution in [1.29, 1.82) is 0 Å². The minimum Gasteiger partial charge on any atom is -0.467 e. The van der Waals surface area contributed by atoms with Gasteiger partial charge >= 0.3 is 0 Å². The summed E-state index contributed by atoms with van der Waals surface area (Å²) in [6.07, 6.45) is -1.26. The summed E-state index contributed by atoms with van der Waals surface area (Å²) in [5.41, 5.74) is 1.71. The zero-order chi connectivity index (χ0) is 34.5. The van der Waals surface area contributed by atoms with Crippen LogP contribution in [-0.2, 0) is 34.0 Å². The lowest BCUT2D eigenvalue weighted by molar-refractivity contribution is -0.226. The first kappa shape index (κ1) is 36.1. The third-order valence-electron chi connectivity index (χ3n) is 8.23. The van der Waals surface area contributed by atoms with Crippen molar-refractivity contribution in [3.05, 3.63) is 88.5 Å². The topological polar surface area (TPSA) is 106 Å². The molecule has 2 saturated heterocycles. The van der Waals surface area contributed by atoms with Crippen molar-refractivity contribution < 1.29 is 43.0 Å². The number of anilines is 1. The highest BCUT2D eigenvalue weighted by molar-refractivity contribution is 5.61. The van der Waals surface area contributed by atoms with E-state index in [0.29, 0.717) is 54.6 Å². The molecule has 2 aliphatic rings. The summed E-state index contributed by atoms with van der Waals surface area (Å²) in [7, 11) is 3.11. The van der Waals surface area contributed by atoms with Crippen molar-refractivity contribution in [3.63, 3.8) is 0 Å². The Morgan fingerprint density at radius 2 is 1.19 bits per heavy atom. The molecule has 0 aliphatic carbocycles. The van der Waals surface area contributed by atoms with Crippen LogP contribution >= 0.6 is 0 Å². The summed E-state index contributed by atoms with van der Waals surface area (Å²) in [6, 6.07) is 19.0. The lowest BCUT2D eigenvalue weighted by atomic mass is 9.78. The Kier molecular flexibility index (Phi) is 11.4. The first-order chi connectivity index (χ1) is 22.8. The number of benzene rings is 3. The quantitative estimate of drug-likeness (QED) is 0.148. The highest BCUT2D eigenvalue weighted by Crippen LogP contribution is 2.48. The molecule has 0 saturated carbocycles. The minimum absolute atomic E-state index is 0.0331. The molecule has 3 aromatic rings. The number of hydrogen-bond acceptors (Lipinski definition) is 10. The van der Waals surface area contributed by atoms with Crippen LogP contribution in [0.1, 0.15) is 81.9 Å².